The van der Waals surface area contributed by atoms with Gasteiger partial charge in [0.05, 0.1) is 6.17 Å². The Labute approximate surface area is 82.0 Å². The lowest BCUT2D eigenvalue weighted by Crippen LogP contribution is -2.41. The number of nitrogens with one attached hydrogen (secondary N) is 2. The normalized spacial score (nSPS) is 20.7. The fourth-order valence-corrected chi connectivity index (χ4v) is 1.46. The van der Waals surface area contributed by atoms with E-state index in [4.69, 9.17) is 0 Å². The van der Waals surface area contributed by atoms with E-state index in [0.717, 1.165) is 19.4 Å². The molecule has 1 unspecified atom stereocenters. The molecule has 0 radical (unpaired) electrons. The Kier molecular flexibility index (Phi) is 2.69. The topological polar surface area (TPSA) is 66.9 Å². The SMILES string of the molecule is O=C(NC1CCCN1)c1ccncn1. The lowest BCUT2D eigenvalue weighted by molar-refractivity contribution is 0.0928. The van der Waals surface area contributed by atoms with Crippen LogP contribution in [0.15, 0.2) is 18.6 Å². The first-order chi connectivity index (χ1) is 6.86. The molecule has 5 nitrogen and oxygen atoms in total. The Balaban J connectivity index is 1.95. The summed E-state index contributed by atoms with van der Waals surface area (Å²) in [5.41, 5.74) is 0.411. The summed E-state index contributed by atoms with van der Waals surface area (Å²) < 4.78 is 0. The second-order valence-electron chi connectivity index (χ2n) is 3.22. The van der Waals surface area contributed by atoms with Crippen LogP contribution >= 0.6 is 0 Å². The van der Waals surface area contributed by atoms with Crippen molar-refractivity contribution < 1.29 is 4.79 Å². The maximum atomic E-state index is 11.6. The molecule has 2 rings (SSSR count). The highest BCUT2D eigenvalue weighted by molar-refractivity contribution is 5.92. The summed E-state index contributed by atoms with van der Waals surface area (Å²) in [5.74, 6) is -0.146. The van der Waals surface area contributed by atoms with Crippen LogP contribution in [0.5, 0.6) is 0 Å². The van der Waals surface area contributed by atoms with E-state index in [1.54, 1.807) is 12.3 Å². The van der Waals surface area contributed by atoms with Crippen LogP contribution in [-0.4, -0.2) is 28.6 Å². The van der Waals surface area contributed by atoms with Gasteiger partial charge in [0.25, 0.3) is 5.91 Å². The molecule has 0 bridgehead atoms. The van der Waals surface area contributed by atoms with Gasteiger partial charge >= 0.3 is 0 Å². The molecule has 2 N–H and O–H groups in total. The zero-order chi connectivity index (χ0) is 9.80. The van der Waals surface area contributed by atoms with Gasteiger partial charge in [-0.1, -0.05) is 0 Å². The lowest BCUT2D eigenvalue weighted by atomic mass is 10.3. The molecule has 1 aromatic rings. The number of carbonyl (C=O) groups excluding carboxylic acids is 1. The van der Waals surface area contributed by atoms with Crippen LogP contribution < -0.4 is 10.6 Å². The number of nitrogens with zero attached hydrogens (tertiary/aromatic N) is 2. The summed E-state index contributed by atoms with van der Waals surface area (Å²) in [6.45, 7) is 0.967. The number of amides is 1. The van der Waals surface area contributed by atoms with Gasteiger partial charge in [-0.25, -0.2) is 9.97 Å². The molecule has 1 aliphatic rings. The summed E-state index contributed by atoms with van der Waals surface area (Å²) >= 11 is 0. The highest BCUT2D eigenvalue weighted by atomic mass is 16.2. The van der Waals surface area contributed by atoms with Gasteiger partial charge in [-0.05, 0) is 25.5 Å². The third-order valence-corrected chi connectivity index (χ3v) is 2.18. The Bertz CT molecular complexity index is 308. The third kappa shape index (κ3) is 2.05. The second kappa shape index (κ2) is 4.15. The van der Waals surface area contributed by atoms with Gasteiger partial charge in [0, 0.05) is 6.20 Å². The maximum absolute atomic E-state index is 11.6. The van der Waals surface area contributed by atoms with Crippen molar-refractivity contribution in [3.8, 4) is 0 Å². The first-order valence-electron chi connectivity index (χ1n) is 4.66. The van der Waals surface area contributed by atoms with Gasteiger partial charge in [-0.2, -0.15) is 0 Å². The first kappa shape index (κ1) is 9.08. The van der Waals surface area contributed by atoms with Gasteiger partial charge in [-0.15, -0.1) is 0 Å². The molecule has 1 amide bonds. The van der Waals surface area contributed by atoms with Crippen LogP contribution in [0.4, 0.5) is 0 Å². The van der Waals surface area contributed by atoms with Gasteiger partial charge in [-0.3, -0.25) is 10.1 Å². The Morgan fingerprint density at radius 1 is 1.64 bits per heavy atom. The molecule has 5 heteroatoms. The zero-order valence-corrected chi connectivity index (χ0v) is 7.73. The van der Waals surface area contributed by atoms with Crippen molar-refractivity contribution in [2.24, 2.45) is 0 Å². The van der Waals surface area contributed by atoms with E-state index in [0.29, 0.717) is 5.69 Å². The van der Waals surface area contributed by atoms with E-state index in [9.17, 15) is 4.79 Å². The highest BCUT2D eigenvalue weighted by Crippen LogP contribution is 2.02. The summed E-state index contributed by atoms with van der Waals surface area (Å²) in [5, 5.41) is 6.04. The number of rotatable bonds is 2. The van der Waals surface area contributed by atoms with Gasteiger partial charge < -0.3 is 5.32 Å². The van der Waals surface area contributed by atoms with Gasteiger partial charge in [0.2, 0.25) is 0 Å². The smallest absolute Gasteiger partial charge is 0.271 e. The molecule has 0 saturated carbocycles. The molecule has 14 heavy (non-hydrogen) atoms. The number of aromatic nitrogens is 2. The Morgan fingerprint density at radius 3 is 3.21 bits per heavy atom. The monoisotopic (exact) mass is 192 g/mol. The predicted octanol–water partition coefficient (Wildman–Crippen LogP) is -0.0841. The van der Waals surface area contributed by atoms with Crippen molar-refractivity contribution in [2.45, 2.75) is 19.0 Å². The average molecular weight is 192 g/mol. The number of hydrogen-bond acceptors (Lipinski definition) is 4. The highest BCUT2D eigenvalue weighted by Gasteiger charge is 2.17. The number of carbonyl (C=O) groups is 1. The number of hydrogen-bond donors (Lipinski definition) is 2. The zero-order valence-electron chi connectivity index (χ0n) is 7.73. The molecule has 2 heterocycles. The molecular formula is C9H12N4O. The summed E-state index contributed by atoms with van der Waals surface area (Å²) in [6.07, 6.45) is 5.12. The summed E-state index contributed by atoms with van der Waals surface area (Å²) in [4.78, 5) is 19.2. The molecule has 1 saturated heterocycles. The predicted molar refractivity (Wildman–Crippen MR) is 50.5 cm³/mol. The van der Waals surface area contributed by atoms with E-state index in [1.807, 2.05) is 0 Å². The molecule has 1 aromatic heterocycles. The van der Waals surface area contributed by atoms with Crippen molar-refractivity contribution >= 4 is 5.91 Å². The average Bonchev–Trinajstić information content (AvgIpc) is 2.72. The van der Waals surface area contributed by atoms with Crippen molar-refractivity contribution in [2.75, 3.05) is 6.54 Å². The Hall–Kier alpha value is -1.49. The van der Waals surface area contributed by atoms with Crippen molar-refractivity contribution in [1.82, 2.24) is 20.6 Å². The van der Waals surface area contributed by atoms with Crippen molar-refractivity contribution in [3.05, 3.63) is 24.3 Å². The van der Waals surface area contributed by atoms with Crippen molar-refractivity contribution in [3.63, 3.8) is 0 Å². The van der Waals surface area contributed by atoms with E-state index in [1.165, 1.54) is 6.33 Å². The first-order valence-corrected chi connectivity index (χ1v) is 4.66. The lowest BCUT2D eigenvalue weighted by Gasteiger charge is -2.11. The minimum atomic E-state index is -0.146. The largest absolute Gasteiger partial charge is 0.335 e. The van der Waals surface area contributed by atoms with Crippen LogP contribution in [0.2, 0.25) is 0 Å². The Morgan fingerprint density at radius 2 is 2.57 bits per heavy atom. The minimum Gasteiger partial charge on any atom is -0.335 e. The van der Waals surface area contributed by atoms with E-state index >= 15 is 0 Å². The quantitative estimate of drug-likeness (QED) is 0.687. The van der Waals surface area contributed by atoms with Crippen LogP contribution in [0.3, 0.4) is 0 Å². The van der Waals surface area contributed by atoms with E-state index < -0.39 is 0 Å². The molecule has 1 atom stereocenters. The van der Waals surface area contributed by atoms with E-state index in [-0.39, 0.29) is 12.1 Å². The van der Waals surface area contributed by atoms with Crippen LogP contribution in [0.25, 0.3) is 0 Å². The maximum Gasteiger partial charge on any atom is 0.271 e. The third-order valence-electron chi connectivity index (χ3n) is 2.18. The minimum absolute atomic E-state index is 0.0949. The molecule has 1 aliphatic heterocycles. The molecule has 1 fully saturated rings. The second-order valence-corrected chi connectivity index (χ2v) is 3.22. The standard InChI is InChI=1S/C9H12N4O/c14-9(7-3-5-10-6-12-7)13-8-2-1-4-11-8/h3,5-6,8,11H,1-2,4H2,(H,13,14). The fourth-order valence-electron chi connectivity index (χ4n) is 1.46. The summed E-state index contributed by atoms with van der Waals surface area (Å²) in [7, 11) is 0. The molecule has 0 spiro atoms. The fraction of sp³-hybridized carbons (Fsp3) is 0.444. The molecular weight excluding hydrogens is 180 g/mol. The van der Waals surface area contributed by atoms with Crippen LogP contribution in [0.1, 0.15) is 23.3 Å². The van der Waals surface area contributed by atoms with Crippen LogP contribution in [-0.2, 0) is 0 Å². The molecule has 0 aliphatic carbocycles. The van der Waals surface area contributed by atoms with Crippen LogP contribution in [0, 0.1) is 0 Å². The van der Waals surface area contributed by atoms with Gasteiger partial charge in [0.15, 0.2) is 0 Å². The summed E-state index contributed by atoms with van der Waals surface area (Å²) in [6, 6.07) is 1.60. The molecule has 74 valence electrons. The van der Waals surface area contributed by atoms with E-state index in [2.05, 4.69) is 20.6 Å². The van der Waals surface area contributed by atoms with Crippen molar-refractivity contribution in [1.29, 1.82) is 0 Å². The molecule has 0 aromatic carbocycles. The van der Waals surface area contributed by atoms with Gasteiger partial charge in [0.1, 0.15) is 12.0 Å².